The maximum Gasteiger partial charge on any atom is 0.233 e. The summed E-state index contributed by atoms with van der Waals surface area (Å²) in [6.07, 6.45) is 4.63. The van der Waals surface area contributed by atoms with Crippen LogP contribution in [0.5, 0.6) is 0 Å². The summed E-state index contributed by atoms with van der Waals surface area (Å²) in [5.41, 5.74) is 0.143. The number of aliphatic imine (C=N–C) groups is 1. The SMILES string of the molecule is CCNC(=NCC1CCCOC1C(C)(C)C)NC1CCN(CC(=O)NC)CC1.I. The number of carbonyl (C=O) groups excluding carboxylic acids is 1. The van der Waals surface area contributed by atoms with Crippen LogP contribution in [0, 0.1) is 11.3 Å². The van der Waals surface area contributed by atoms with Crippen LogP contribution < -0.4 is 16.0 Å². The van der Waals surface area contributed by atoms with E-state index >= 15 is 0 Å². The van der Waals surface area contributed by atoms with Crippen LogP contribution in [0.2, 0.25) is 0 Å². The minimum Gasteiger partial charge on any atom is -0.377 e. The maximum absolute atomic E-state index is 11.5. The summed E-state index contributed by atoms with van der Waals surface area (Å²) in [6.45, 7) is 13.8. The summed E-state index contributed by atoms with van der Waals surface area (Å²) < 4.78 is 6.10. The number of likely N-dealkylation sites (N-methyl/N-ethyl adjacent to an activating group) is 1. The summed E-state index contributed by atoms with van der Waals surface area (Å²) in [4.78, 5) is 18.7. The predicted octanol–water partition coefficient (Wildman–Crippen LogP) is 2.21. The van der Waals surface area contributed by atoms with E-state index < -0.39 is 0 Å². The average Bonchev–Trinajstić information content (AvgIpc) is 2.67. The Labute approximate surface area is 194 Å². The lowest BCUT2D eigenvalue weighted by molar-refractivity contribution is -0.122. The molecule has 2 aliphatic heterocycles. The second kappa shape index (κ2) is 12.9. The van der Waals surface area contributed by atoms with Gasteiger partial charge in [-0.3, -0.25) is 14.7 Å². The number of nitrogens with zero attached hydrogens (tertiary/aromatic N) is 2. The third kappa shape index (κ3) is 8.96. The molecule has 0 aromatic rings. The van der Waals surface area contributed by atoms with Gasteiger partial charge in [-0.05, 0) is 38.0 Å². The highest BCUT2D eigenvalue weighted by atomic mass is 127. The van der Waals surface area contributed by atoms with Crippen LogP contribution in [-0.2, 0) is 9.53 Å². The number of halogens is 1. The fourth-order valence-corrected chi connectivity index (χ4v) is 4.23. The molecule has 8 heteroatoms. The van der Waals surface area contributed by atoms with E-state index in [1.165, 1.54) is 6.42 Å². The van der Waals surface area contributed by atoms with E-state index in [1.807, 2.05) is 0 Å². The van der Waals surface area contributed by atoms with Crippen molar-refractivity contribution in [2.24, 2.45) is 16.3 Å². The molecule has 0 radical (unpaired) electrons. The zero-order valence-electron chi connectivity index (χ0n) is 18.9. The number of hydrogen-bond acceptors (Lipinski definition) is 4. The van der Waals surface area contributed by atoms with Gasteiger partial charge in [-0.15, -0.1) is 24.0 Å². The Morgan fingerprint density at radius 2 is 1.90 bits per heavy atom. The van der Waals surface area contributed by atoms with Crippen molar-refractivity contribution in [3.05, 3.63) is 0 Å². The van der Waals surface area contributed by atoms with Crippen molar-refractivity contribution >= 4 is 35.8 Å². The van der Waals surface area contributed by atoms with Gasteiger partial charge >= 0.3 is 0 Å². The van der Waals surface area contributed by atoms with E-state index in [9.17, 15) is 4.79 Å². The Morgan fingerprint density at radius 3 is 2.48 bits per heavy atom. The van der Waals surface area contributed by atoms with Crippen LogP contribution in [0.15, 0.2) is 4.99 Å². The molecule has 0 aromatic heterocycles. The minimum absolute atomic E-state index is 0. The molecule has 7 nitrogen and oxygen atoms in total. The summed E-state index contributed by atoms with van der Waals surface area (Å²) in [7, 11) is 1.69. The maximum atomic E-state index is 11.5. The summed E-state index contributed by atoms with van der Waals surface area (Å²) in [5, 5.41) is 9.70. The fourth-order valence-electron chi connectivity index (χ4n) is 4.23. The number of hydrogen-bond donors (Lipinski definition) is 3. The quantitative estimate of drug-likeness (QED) is 0.283. The van der Waals surface area contributed by atoms with Gasteiger partial charge in [0.05, 0.1) is 12.6 Å². The molecular formula is C21H42IN5O2. The van der Waals surface area contributed by atoms with Gasteiger partial charge in [0.2, 0.25) is 5.91 Å². The topological polar surface area (TPSA) is 78.0 Å². The molecule has 2 heterocycles. The van der Waals surface area contributed by atoms with Crippen LogP contribution in [-0.4, -0.2) is 75.3 Å². The third-order valence-electron chi connectivity index (χ3n) is 5.70. The van der Waals surface area contributed by atoms with Gasteiger partial charge in [-0.1, -0.05) is 20.8 Å². The Hall–Kier alpha value is -0.610. The molecule has 2 unspecified atom stereocenters. The Morgan fingerprint density at radius 1 is 1.21 bits per heavy atom. The molecule has 0 aliphatic carbocycles. The zero-order chi connectivity index (χ0) is 20.6. The number of piperidine rings is 1. The predicted molar refractivity (Wildman–Crippen MR) is 130 cm³/mol. The second-order valence-electron chi connectivity index (χ2n) is 9.15. The highest BCUT2D eigenvalue weighted by molar-refractivity contribution is 14.0. The monoisotopic (exact) mass is 523 g/mol. The van der Waals surface area contributed by atoms with E-state index in [0.29, 0.717) is 18.5 Å². The first-order valence-electron chi connectivity index (χ1n) is 10.9. The van der Waals surface area contributed by atoms with Crippen LogP contribution >= 0.6 is 24.0 Å². The molecule has 2 fully saturated rings. The number of likely N-dealkylation sites (tertiary alicyclic amines) is 1. The van der Waals surface area contributed by atoms with Crippen molar-refractivity contribution < 1.29 is 9.53 Å². The first-order valence-corrected chi connectivity index (χ1v) is 10.9. The molecule has 29 heavy (non-hydrogen) atoms. The number of carbonyl (C=O) groups is 1. The van der Waals surface area contributed by atoms with E-state index in [4.69, 9.17) is 9.73 Å². The number of guanidine groups is 1. The largest absolute Gasteiger partial charge is 0.377 e. The van der Waals surface area contributed by atoms with Crippen LogP contribution in [0.1, 0.15) is 53.4 Å². The lowest BCUT2D eigenvalue weighted by atomic mass is 9.78. The Kier molecular flexibility index (Phi) is 11.8. The smallest absolute Gasteiger partial charge is 0.233 e. The summed E-state index contributed by atoms with van der Waals surface area (Å²) in [5.74, 6) is 1.47. The average molecular weight is 524 g/mol. The number of amides is 1. The highest BCUT2D eigenvalue weighted by Crippen LogP contribution is 2.34. The van der Waals surface area contributed by atoms with Gasteiger partial charge in [0.15, 0.2) is 5.96 Å². The van der Waals surface area contributed by atoms with Crippen molar-refractivity contribution in [3.63, 3.8) is 0 Å². The highest BCUT2D eigenvalue weighted by Gasteiger charge is 2.35. The van der Waals surface area contributed by atoms with E-state index in [-0.39, 0.29) is 41.4 Å². The number of rotatable bonds is 6. The van der Waals surface area contributed by atoms with E-state index in [2.05, 4.69) is 48.5 Å². The zero-order valence-corrected chi connectivity index (χ0v) is 21.3. The number of ether oxygens (including phenoxy) is 1. The van der Waals surface area contributed by atoms with Gasteiger partial charge in [-0.25, -0.2) is 0 Å². The van der Waals surface area contributed by atoms with Crippen molar-refractivity contribution in [1.82, 2.24) is 20.9 Å². The molecule has 0 aromatic carbocycles. The van der Waals surface area contributed by atoms with Crippen LogP contribution in [0.4, 0.5) is 0 Å². The molecule has 0 saturated carbocycles. The summed E-state index contributed by atoms with van der Waals surface area (Å²) >= 11 is 0. The normalized spacial score (nSPS) is 24.5. The molecule has 0 bridgehead atoms. The standard InChI is InChI=1S/C21H41N5O2.HI/c1-6-23-20(24-14-16-8-7-13-28-19(16)21(2,3)4)25-17-9-11-26(12-10-17)15-18(27)22-5;/h16-17,19H,6-15H2,1-5H3,(H,22,27)(H2,23,24,25);1H. The lowest BCUT2D eigenvalue weighted by Crippen LogP contribution is -2.50. The molecular weight excluding hydrogens is 481 g/mol. The molecule has 0 spiro atoms. The fraction of sp³-hybridized carbons (Fsp3) is 0.905. The minimum atomic E-state index is 0. The first kappa shape index (κ1) is 26.4. The molecule has 2 aliphatic rings. The molecule has 2 atom stereocenters. The van der Waals surface area contributed by atoms with Gasteiger partial charge < -0.3 is 20.7 Å². The van der Waals surface area contributed by atoms with Gasteiger partial charge in [0, 0.05) is 51.8 Å². The van der Waals surface area contributed by atoms with Gasteiger partial charge in [-0.2, -0.15) is 0 Å². The van der Waals surface area contributed by atoms with Crippen LogP contribution in [0.3, 0.4) is 0 Å². The molecule has 2 saturated heterocycles. The van der Waals surface area contributed by atoms with Crippen molar-refractivity contribution in [2.45, 2.75) is 65.5 Å². The Balaban J connectivity index is 0.00000420. The summed E-state index contributed by atoms with van der Waals surface area (Å²) in [6, 6.07) is 0.403. The van der Waals surface area contributed by atoms with Crippen molar-refractivity contribution in [3.8, 4) is 0 Å². The molecule has 1 amide bonds. The van der Waals surface area contributed by atoms with Gasteiger partial charge in [0.1, 0.15) is 0 Å². The van der Waals surface area contributed by atoms with E-state index in [0.717, 1.165) is 58.0 Å². The third-order valence-corrected chi connectivity index (χ3v) is 5.70. The molecule has 3 N–H and O–H groups in total. The molecule has 170 valence electrons. The van der Waals surface area contributed by atoms with Crippen molar-refractivity contribution in [1.29, 1.82) is 0 Å². The van der Waals surface area contributed by atoms with Crippen molar-refractivity contribution in [2.75, 3.05) is 46.4 Å². The molecule has 2 rings (SSSR count). The van der Waals surface area contributed by atoms with Gasteiger partial charge in [0.25, 0.3) is 0 Å². The lowest BCUT2D eigenvalue weighted by Gasteiger charge is -2.39. The van der Waals surface area contributed by atoms with E-state index in [1.54, 1.807) is 7.05 Å². The first-order chi connectivity index (χ1) is 13.3. The Bertz CT molecular complexity index is 516. The number of nitrogens with one attached hydrogen (secondary N) is 3. The second-order valence-corrected chi connectivity index (χ2v) is 9.15. The van der Waals surface area contributed by atoms with Crippen LogP contribution in [0.25, 0.3) is 0 Å².